The number of hydrogen-bond donors (Lipinski definition) is 0. The Kier molecular flexibility index (Phi) is 4.69. The molecule has 1 saturated heterocycles. The standard InChI is InChI=1S/C21H22ClN7/c1-26-15-17(12-25-26)19-13-24-21-20(23-5-6-29(19)21)28-9-7-27(8-10-28)14-16-3-2-4-18(22)11-16/h2-6,11-13,15H,7-10,14H2,1H3. The number of imidazole rings is 1. The van der Waals surface area contributed by atoms with Crippen LogP contribution < -0.4 is 4.90 Å². The van der Waals surface area contributed by atoms with E-state index in [0.29, 0.717) is 0 Å². The van der Waals surface area contributed by atoms with Crippen molar-refractivity contribution < 1.29 is 0 Å². The molecule has 0 amide bonds. The van der Waals surface area contributed by atoms with Crippen LogP contribution in [0, 0.1) is 0 Å². The van der Waals surface area contributed by atoms with Gasteiger partial charge in [0.2, 0.25) is 0 Å². The van der Waals surface area contributed by atoms with Crippen molar-refractivity contribution in [3.8, 4) is 11.3 Å². The summed E-state index contributed by atoms with van der Waals surface area (Å²) in [6.45, 7) is 4.71. The fraction of sp³-hybridized carbons (Fsp3) is 0.286. The first kappa shape index (κ1) is 18.1. The summed E-state index contributed by atoms with van der Waals surface area (Å²) in [5, 5.41) is 5.07. The number of benzene rings is 1. The largest absolute Gasteiger partial charge is 0.351 e. The van der Waals surface area contributed by atoms with Gasteiger partial charge in [-0.15, -0.1) is 0 Å². The molecule has 0 unspecified atom stereocenters. The highest BCUT2D eigenvalue weighted by Gasteiger charge is 2.21. The van der Waals surface area contributed by atoms with Crippen LogP contribution >= 0.6 is 11.6 Å². The minimum atomic E-state index is 0.792. The van der Waals surface area contributed by atoms with E-state index in [2.05, 4.69) is 35.3 Å². The Bertz CT molecular complexity index is 1140. The summed E-state index contributed by atoms with van der Waals surface area (Å²) in [4.78, 5) is 14.1. The summed E-state index contributed by atoms with van der Waals surface area (Å²) < 4.78 is 3.90. The van der Waals surface area contributed by atoms with E-state index in [9.17, 15) is 0 Å². The molecule has 29 heavy (non-hydrogen) atoms. The number of fused-ring (bicyclic) bond motifs is 1. The zero-order chi connectivity index (χ0) is 19.8. The molecule has 5 rings (SSSR count). The predicted molar refractivity (Wildman–Crippen MR) is 114 cm³/mol. The lowest BCUT2D eigenvalue weighted by Gasteiger charge is -2.35. The van der Waals surface area contributed by atoms with Gasteiger partial charge in [0.15, 0.2) is 11.5 Å². The van der Waals surface area contributed by atoms with Crippen molar-refractivity contribution in [2.24, 2.45) is 7.05 Å². The van der Waals surface area contributed by atoms with Gasteiger partial charge in [-0.1, -0.05) is 23.7 Å². The monoisotopic (exact) mass is 407 g/mol. The van der Waals surface area contributed by atoms with Gasteiger partial charge in [0, 0.05) is 68.9 Å². The van der Waals surface area contributed by atoms with Gasteiger partial charge in [-0.3, -0.25) is 14.0 Å². The summed E-state index contributed by atoms with van der Waals surface area (Å²) in [6, 6.07) is 8.10. The normalized spacial score (nSPS) is 15.3. The van der Waals surface area contributed by atoms with Crippen LogP contribution in [0.15, 0.2) is 55.2 Å². The van der Waals surface area contributed by atoms with Crippen LogP contribution in [0.5, 0.6) is 0 Å². The van der Waals surface area contributed by atoms with E-state index in [1.807, 2.05) is 56.2 Å². The summed E-state index contributed by atoms with van der Waals surface area (Å²) in [5.74, 6) is 0.935. The van der Waals surface area contributed by atoms with Gasteiger partial charge in [0.1, 0.15) is 0 Å². The smallest absolute Gasteiger partial charge is 0.180 e. The number of nitrogens with zero attached hydrogens (tertiary/aromatic N) is 7. The second kappa shape index (κ2) is 7.50. The van der Waals surface area contributed by atoms with Gasteiger partial charge in [0.25, 0.3) is 0 Å². The molecule has 0 aliphatic carbocycles. The summed E-state index contributed by atoms with van der Waals surface area (Å²) in [5.41, 5.74) is 4.20. The molecule has 0 radical (unpaired) electrons. The zero-order valence-electron chi connectivity index (χ0n) is 16.2. The van der Waals surface area contributed by atoms with Crippen LogP contribution in [0.25, 0.3) is 16.9 Å². The fourth-order valence-electron chi connectivity index (χ4n) is 3.91. The van der Waals surface area contributed by atoms with E-state index in [0.717, 1.165) is 60.5 Å². The van der Waals surface area contributed by atoms with E-state index in [1.54, 1.807) is 4.68 Å². The Morgan fingerprint density at radius 2 is 1.93 bits per heavy atom. The first-order chi connectivity index (χ1) is 14.2. The molecule has 7 nitrogen and oxygen atoms in total. The molecular formula is C21H22ClN7. The third-order valence-electron chi connectivity index (χ3n) is 5.38. The highest BCUT2D eigenvalue weighted by atomic mass is 35.5. The maximum absolute atomic E-state index is 6.12. The molecule has 0 bridgehead atoms. The lowest BCUT2D eigenvalue weighted by Crippen LogP contribution is -2.46. The first-order valence-corrected chi connectivity index (χ1v) is 10.1. The third-order valence-corrected chi connectivity index (χ3v) is 5.61. The van der Waals surface area contributed by atoms with Crippen LogP contribution in [0.2, 0.25) is 5.02 Å². The second-order valence-electron chi connectivity index (χ2n) is 7.38. The molecule has 1 aliphatic heterocycles. The number of piperazine rings is 1. The van der Waals surface area contributed by atoms with E-state index in [1.165, 1.54) is 5.56 Å². The van der Waals surface area contributed by atoms with E-state index < -0.39 is 0 Å². The van der Waals surface area contributed by atoms with Crippen molar-refractivity contribution in [1.29, 1.82) is 0 Å². The summed E-state index contributed by atoms with van der Waals surface area (Å²) in [7, 11) is 1.92. The maximum atomic E-state index is 6.12. The first-order valence-electron chi connectivity index (χ1n) is 9.70. The number of hydrogen-bond acceptors (Lipinski definition) is 5. The molecule has 8 heteroatoms. The molecule has 0 spiro atoms. The lowest BCUT2D eigenvalue weighted by molar-refractivity contribution is 0.249. The van der Waals surface area contributed by atoms with Gasteiger partial charge in [-0.05, 0) is 17.7 Å². The molecule has 4 aromatic rings. The van der Waals surface area contributed by atoms with Gasteiger partial charge in [0.05, 0.1) is 18.1 Å². The number of halogens is 1. The van der Waals surface area contributed by atoms with Crippen LogP contribution in [0.1, 0.15) is 5.56 Å². The van der Waals surface area contributed by atoms with Crippen LogP contribution in [-0.4, -0.2) is 55.2 Å². The van der Waals surface area contributed by atoms with Crippen molar-refractivity contribution in [2.45, 2.75) is 6.54 Å². The van der Waals surface area contributed by atoms with Crippen molar-refractivity contribution in [3.05, 3.63) is 65.8 Å². The van der Waals surface area contributed by atoms with E-state index in [4.69, 9.17) is 11.6 Å². The Balaban J connectivity index is 1.34. The minimum Gasteiger partial charge on any atom is -0.351 e. The average molecular weight is 408 g/mol. The summed E-state index contributed by atoms with van der Waals surface area (Å²) in [6.07, 6.45) is 9.56. The van der Waals surface area contributed by atoms with Gasteiger partial charge in [-0.2, -0.15) is 5.10 Å². The highest BCUT2D eigenvalue weighted by molar-refractivity contribution is 6.30. The minimum absolute atomic E-state index is 0.792. The van der Waals surface area contributed by atoms with E-state index >= 15 is 0 Å². The van der Waals surface area contributed by atoms with Crippen LogP contribution in [0.3, 0.4) is 0 Å². The lowest BCUT2D eigenvalue weighted by atomic mass is 10.2. The number of anilines is 1. The average Bonchev–Trinajstić information content (AvgIpc) is 3.34. The van der Waals surface area contributed by atoms with Gasteiger partial charge in [-0.25, -0.2) is 9.97 Å². The van der Waals surface area contributed by atoms with Crippen LogP contribution in [0.4, 0.5) is 5.82 Å². The molecule has 4 heterocycles. The molecule has 1 aliphatic rings. The Morgan fingerprint density at radius 3 is 2.69 bits per heavy atom. The Hall–Kier alpha value is -2.90. The molecular weight excluding hydrogens is 386 g/mol. The SMILES string of the molecule is Cn1cc(-c2cnc3c(N4CCN(Cc5cccc(Cl)c5)CC4)nccn23)cn1. The molecule has 0 saturated carbocycles. The molecule has 1 aromatic carbocycles. The number of aromatic nitrogens is 5. The van der Waals surface area contributed by atoms with Crippen molar-refractivity contribution in [1.82, 2.24) is 29.0 Å². The topological polar surface area (TPSA) is 54.5 Å². The zero-order valence-corrected chi connectivity index (χ0v) is 17.0. The van der Waals surface area contributed by atoms with Gasteiger partial charge < -0.3 is 4.90 Å². The fourth-order valence-corrected chi connectivity index (χ4v) is 4.12. The second-order valence-corrected chi connectivity index (χ2v) is 7.82. The Morgan fingerprint density at radius 1 is 1.07 bits per heavy atom. The molecule has 0 N–H and O–H groups in total. The predicted octanol–water partition coefficient (Wildman–Crippen LogP) is 3.11. The number of aryl methyl sites for hydroxylation is 1. The quantitative estimate of drug-likeness (QED) is 0.520. The van der Waals surface area contributed by atoms with Crippen molar-refractivity contribution in [2.75, 3.05) is 31.1 Å². The molecule has 0 atom stereocenters. The van der Waals surface area contributed by atoms with E-state index in [-0.39, 0.29) is 0 Å². The number of rotatable bonds is 4. The third kappa shape index (κ3) is 3.59. The van der Waals surface area contributed by atoms with Crippen molar-refractivity contribution >= 4 is 23.1 Å². The van der Waals surface area contributed by atoms with Crippen LogP contribution in [-0.2, 0) is 13.6 Å². The molecule has 3 aromatic heterocycles. The molecule has 1 fully saturated rings. The Labute approximate surface area is 174 Å². The highest BCUT2D eigenvalue weighted by Crippen LogP contribution is 2.25. The molecule has 148 valence electrons. The van der Waals surface area contributed by atoms with Crippen molar-refractivity contribution in [3.63, 3.8) is 0 Å². The van der Waals surface area contributed by atoms with Gasteiger partial charge >= 0.3 is 0 Å². The maximum Gasteiger partial charge on any atom is 0.180 e. The summed E-state index contributed by atoms with van der Waals surface area (Å²) >= 11 is 6.12.